The molecule has 6 rings (SSSR count). The highest BCUT2D eigenvalue weighted by atomic mass is 16.6. The van der Waals surface area contributed by atoms with Gasteiger partial charge in [0.1, 0.15) is 17.5 Å². The Morgan fingerprint density at radius 2 is 1.94 bits per heavy atom. The van der Waals surface area contributed by atoms with Crippen LogP contribution in [0.3, 0.4) is 0 Å². The normalized spacial score (nSPS) is 19.1. The first kappa shape index (κ1) is 32.0. The lowest BCUT2D eigenvalue weighted by Crippen LogP contribution is -2.35. The maximum absolute atomic E-state index is 12.5. The van der Waals surface area contributed by atoms with E-state index in [4.69, 9.17) is 23.9 Å². The van der Waals surface area contributed by atoms with E-state index >= 15 is 0 Å². The van der Waals surface area contributed by atoms with Crippen LogP contribution >= 0.6 is 0 Å². The molecule has 0 bridgehead atoms. The van der Waals surface area contributed by atoms with Crippen LogP contribution in [-0.4, -0.2) is 84.1 Å². The summed E-state index contributed by atoms with van der Waals surface area (Å²) in [6.45, 7) is 8.94. The van der Waals surface area contributed by atoms with Crippen LogP contribution in [0.2, 0.25) is 0 Å². The number of carbonyl (C=O) groups excluding carboxylic acids is 3. The summed E-state index contributed by atoms with van der Waals surface area (Å²) >= 11 is 0. The number of pyridine rings is 2. The summed E-state index contributed by atoms with van der Waals surface area (Å²) in [5, 5.41) is 6.10. The van der Waals surface area contributed by atoms with Crippen LogP contribution in [0.4, 0.5) is 21.2 Å². The van der Waals surface area contributed by atoms with Crippen molar-refractivity contribution in [1.29, 1.82) is 0 Å². The Morgan fingerprint density at radius 3 is 2.79 bits per heavy atom. The number of anilines is 2. The molecule has 0 unspecified atom stereocenters. The number of benzene rings is 1. The Balaban J connectivity index is 0.956. The first-order valence-corrected chi connectivity index (χ1v) is 15.9. The van der Waals surface area contributed by atoms with Crippen LogP contribution in [0.5, 0.6) is 11.6 Å². The number of hydrogen-bond donors (Lipinski definition) is 2. The molecule has 2 N–H and O–H groups in total. The van der Waals surface area contributed by atoms with E-state index in [1.807, 2.05) is 51.1 Å². The molecule has 3 aliphatic rings. The monoisotopic (exact) mass is 644 g/mol. The van der Waals surface area contributed by atoms with Crippen LogP contribution < -0.4 is 25.0 Å². The summed E-state index contributed by atoms with van der Waals surface area (Å²) in [6.07, 6.45) is 0.447. The van der Waals surface area contributed by atoms with Gasteiger partial charge in [-0.3, -0.25) is 9.69 Å². The summed E-state index contributed by atoms with van der Waals surface area (Å²) in [5.74, 6) is 1.65. The third-order valence-corrected chi connectivity index (χ3v) is 7.93. The van der Waals surface area contributed by atoms with E-state index in [1.165, 1.54) is 4.90 Å². The molecule has 13 nitrogen and oxygen atoms in total. The fraction of sp³-hybridized carbons (Fsp3) is 0.441. The fourth-order valence-corrected chi connectivity index (χ4v) is 5.62. The molecular formula is C34H40N6O7. The van der Waals surface area contributed by atoms with Crippen LogP contribution in [0, 0.1) is 5.92 Å². The molecule has 47 heavy (non-hydrogen) atoms. The average molecular weight is 645 g/mol. The Morgan fingerprint density at radius 1 is 1.09 bits per heavy atom. The Bertz CT molecular complexity index is 1630. The van der Waals surface area contributed by atoms with E-state index in [0.717, 1.165) is 23.2 Å². The molecule has 2 fully saturated rings. The van der Waals surface area contributed by atoms with Gasteiger partial charge in [-0.2, -0.15) is 0 Å². The number of amides is 3. The number of nitrogens with zero attached hydrogens (tertiary/aromatic N) is 4. The Hall–Kier alpha value is -4.91. The van der Waals surface area contributed by atoms with Gasteiger partial charge in [0.15, 0.2) is 18.2 Å². The lowest BCUT2D eigenvalue weighted by molar-refractivity contribution is -0.118. The van der Waals surface area contributed by atoms with Crippen molar-refractivity contribution in [3.05, 3.63) is 60.2 Å². The number of cyclic esters (lactones) is 1. The van der Waals surface area contributed by atoms with E-state index < -0.39 is 11.7 Å². The zero-order valence-electron chi connectivity index (χ0n) is 26.9. The van der Waals surface area contributed by atoms with Gasteiger partial charge in [-0.15, -0.1) is 0 Å². The van der Waals surface area contributed by atoms with Crippen molar-refractivity contribution >= 4 is 29.7 Å². The van der Waals surface area contributed by atoms with Crippen molar-refractivity contribution in [1.82, 2.24) is 20.2 Å². The third-order valence-electron chi connectivity index (χ3n) is 7.93. The molecule has 0 aliphatic carbocycles. The van der Waals surface area contributed by atoms with Crippen molar-refractivity contribution in [2.45, 2.75) is 51.9 Å². The lowest BCUT2D eigenvalue weighted by atomic mass is 10.1. The smallest absolute Gasteiger partial charge is 0.415 e. The quantitative estimate of drug-likeness (QED) is 0.300. The van der Waals surface area contributed by atoms with Crippen molar-refractivity contribution in [3.8, 4) is 22.9 Å². The minimum absolute atomic E-state index is 0.0569. The minimum Gasteiger partial charge on any atom is -0.480 e. The number of nitrogens with one attached hydrogen (secondary N) is 2. The van der Waals surface area contributed by atoms with E-state index in [2.05, 4.69) is 27.8 Å². The summed E-state index contributed by atoms with van der Waals surface area (Å²) in [5.41, 5.74) is 2.37. The van der Waals surface area contributed by atoms with Crippen LogP contribution in [0.15, 0.2) is 54.6 Å². The van der Waals surface area contributed by atoms with E-state index in [-0.39, 0.29) is 30.6 Å². The molecule has 0 saturated carbocycles. The minimum atomic E-state index is -0.514. The van der Waals surface area contributed by atoms with Gasteiger partial charge in [-0.05, 0) is 70.0 Å². The fourth-order valence-electron chi connectivity index (χ4n) is 5.62. The van der Waals surface area contributed by atoms with Crippen molar-refractivity contribution in [3.63, 3.8) is 0 Å². The van der Waals surface area contributed by atoms with Crippen molar-refractivity contribution in [2.75, 3.05) is 49.6 Å². The number of fused-ring (bicyclic) bond motifs is 1. The molecule has 1 aromatic carbocycles. The highest BCUT2D eigenvalue weighted by Crippen LogP contribution is 2.30. The first-order valence-electron chi connectivity index (χ1n) is 15.9. The molecule has 3 aromatic rings. The van der Waals surface area contributed by atoms with Gasteiger partial charge in [-0.1, -0.05) is 24.3 Å². The van der Waals surface area contributed by atoms with E-state index in [1.54, 1.807) is 17.0 Å². The maximum Gasteiger partial charge on any atom is 0.415 e. The molecule has 0 radical (unpaired) electrons. The maximum atomic E-state index is 12.5. The van der Waals surface area contributed by atoms with Gasteiger partial charge in [0, 0.05) is 37.2 Å². The molecule has 2 saturated heterocycles. The predicted octanol–water partition coefficient (Wildman–Crippen LogP) is 4.62. The average Bonchev–Trinajstić information content (AvgIpc) is 3.68. The zero-order chi connectivity index (χ0) is 33.0. The van der Waals surface area contributed by atoms with Gasteiger partial charge >= 0.3 is 12.2 Å². The van der Waals surface area contributed by atoms with Gasteiger partial charge in [-0.25, -0.2) is 19.6 Å². The zero-order valence-corrected chi connectivity index (χ0v) is 26.9. The molecule has 2 atom stereocenters. The van der Waals surface area contributed by atoms with E-state index in [9.17, 15) is 14.4 Å². The number of aromatic nitrogens is 2. The number of likely N-dealkylation sites (tertiary alicyclic amines) is 1. The Labute approximate surface area is 273 Å². The number of hydrogen-bond acceptors (Lipinski definition) is 10. The number of ether oxygens (including phenoxy) is 4. The van der Waals surface area contributed by atoms with Gasteiger partial charge in [0.2, 0.25) is 5.88 Å². The molecule has 0 spiro atoms. The van der Waals surface area contributed by atoms with E-state index in [0.29, 0.717) is 69.0 Å². The molecular weight excluding hydrogens is 604 g/mol. The van der Waals surface area contributed by atoms with Gasteiger partial charge < -0.3 is 34.5 Å². The SMILES string of the molecule is CC(C)(C)OC(=O)N1CC[C@@H](COc2cccc(-c3cccc(CNCC[C@H]4CN(c5ccc6c(n5)NC(=O)CO6)C(=O)O4)c3)n2)C1. The molecule has 3 aliphatic heterocycles. The summed E-state index contributed by atoms with van der Waals surface area (Å²) < 4.78 is 22.5. The standard InChI is InChI=1S/C34H40N6O7/c1-34(2,3)47-32(42)39-15-13-23(18-39)20-45-30-9-5-8-26(36-30)24-7-4-6-22(16-24)17-35-14-12-25-19-40(33(43)46-25)28-11-10-27-31(37-28)38-29(41)21-44-27/h4-11,16,23,25,35H,12-15,17-21H2,1-3H3,(H,37,38,41)/t23-,25+/m1/s1. The Kier molecular flexibility index (Phi) is 9.43. The number of carbonyl (C=O) groups is 3. The third kappa shape index (κ3) is 8.28. The highest BCUT2D eigenvalue weighted by Gasteiger charge is 2.34. The molecule has 3 amide bonds. The topological polar surface area (TPSA) is 144 Å². The summed E-state index contributed by atoms with van der Waals surface area (Å²) in [4.78, 5) is 48.9. The van der Waals surface area contributed by atoms with Crippen LogP contribution in [0.25, 0.3) is 11.3 Å². The van der Waals surface area contributed by atoms with Crippen LogP contribution in [-0.2, 0) is 20.8 Å². The van der Waals surface area contributed by atoms with Crippen molar-refractivity contribution in [2.24, 2.45) is 5.92 Å². The largest absolute Gasteiger partial charge is 0.480 e. The first-order chi connectivity index (χ1) is 22.6. The van der Waals surface area contributed by atoms with Gasteiger partial charge in [0.25, 0.3) is 5.91 Å². The molecule has 13 heteroatoms. The summed E-state index contributed by atoms with van der Waals surface area (Å²) in [7, 11) is 0. The predicted molar refractivity (Wildman–Crippen MR) is 173 cm³/mol. The molecule has 248 valence electrons. The second-order valence-corrected chi connectivity index (χ2v) is 12.9. The summed E-state index contributed by atoms with van der Waals surface area (Å²) in [6, 6.07) is 17.3. The second-order valence-electron chi connectivity index (χ2n) is 12.9. The number of rotatable bonds is 10. The van der Waals surface area contributed by atoms with Crippen molar-refractivity contribution < 1.29 is 33.3 Å². The lowest BCUT2D eigenvalue weighted by Gasteiger charge is -2.24. The highest BCUT2D eigenvalue weighted by molar-refractivity contribution is 5.95. The molecule has 5 heterocycles. The second kappa shape index (κ2) is 13.8. The van der Waals surface area contributed by atoms with Gasteiger partial charge in [0.05, 0.1) is 18.8 Å². The molecule has 2 aromatic heterocycles. The van der Waals surface area contributed by atoms with Crippen LogP contribution in [0.1, 0.15) is 39.2 Å².